The average Bonchev–Trinajstić information content (AvgIpc) is 3.16. The highest BCUT2D eigenvalue weighted by Gasteiger charge is 2.25. The summed E-state index contributed by atoms with van der Waals surface area (Å²) in [5.74, 6) is 2.04. The van der Waals surface area contributed by atoms with Gasteiger partial charge in [-0.2, -0.15) is 0 Å². The average molecular weight is 262 g/mol. The third kappa shape index (κ3) is 3.36. The molecule has 1 saturated carbocycles. The van der Waals surface area contributed by atoms with Gasteiger partial charge < -0.3 is 14.8 Å². The number of carbonyl (C=O) groups is 1. The highest BCUT2D eigenvalue weighted by atomic mass is 16.5. The van der Waals surface area contributed by atoms with E-state index >= 15 is 0 Å². The van der Waals surface area contributed by atoms with E-state index in [0.717, 1.165) is 18.9 Å². The molecule has 1 N–H and O–H groups in total. The molecule has 1 atom stereocenters. The zero-order valence-electron chi connectivity index (χ0n) is 10.8. The molecule has 0 radical (unpaired) electrons. The van der Waals surface area contributed by atoms with Gasteiger partial charge in [-0.1, -0.05) is 12.8 Å². The molecule has 1 aliphatic carbocycles. The van der Waals surface area contributed by atoms with Crippen LogP contribution in [0.5, 0.6) is 11.6 Å². The normalized spacial score (nSPS) is 22.1. The number of nitrogens with zero attached hydrogens (tertiary/aromatic N) is 1. The SMILES string of the molecule is O=C1NCCC1Oc1ccc(OCCC2CC2)nc1. The fourth-order valence-electron chi connectivity index (χ4n) is 2.11. The molecule has 1 amide bonds. The molecule has 2 aliphatic rings. The molecule has 1 unspecified atom stereocenters. The summed E-state index contributed by atoms with van der Waals surface area (Å²) in [6.07, 6.45) is 5.72. The first-order valence-electron chi connectivity index (χ1n) is 6.84. The number of hydrogen-bond donors (Lipinski definition) is 1. The topological polar surface area (TPSA) is 60.5 Å². The van der Waals surface area contributed by atoms with Gasteiger partial charge in [0.2, 0.25) is 5.88 Å². The first-order valence-corrected chi connectivity index (χ1v) is 6.84. The molecule has 0 aromatic carbocycles. The van der Waals surface area contributed by atoms with Crippen molar-refractivity contribution < 1.29 is 14.3 Å². The number of rotatable bonds is 6. The maximum Gasteiger partial charge on any atom is 0.261 e. The van der Waals surface area contributed by atoms with E-state index in [9.17, 15) is 4.79 Å². The lowest BCUT2D eigenvalue weighted by Crippen LogP contribution is -2.27. The smallest absolute Gasteiger partial charge is 0.261 e. The summed E-state index contributed by atoms with van der Waals surface area (Å²) in [5.41, 5.74) is 0. The van der Waals surface area contributed by atoms with Crippen LogP contribution in [0.4, 0.5) is 0 Å². The Labute approximate surface area is 112 Å². The minimum absolute atomic E-state index is 0.0511. The van der Waals surface area contributed by atoms with Crippen molar-refractivity contribution in [1.82, 2.24) is 10.3 Å². The summed E-state index contributed by atoms with van der Waals surface area (Å²) >= 11 is 0. The van der Waals surface area contributed by atoms with Gasteiger partial charge in [0.15, 0.2) is 6.10 Å². The Morgan fingerprint density at radius 1 is 1.32 bits per heavy atom. The van der Waals surface area contributed by atoms with Crippen molar-refractivity contribution in [3.8, 4) is 11.6 Å². The number of ether oxygens (including phenoxy) is 2. The van der Waals surface area contributed by atoms with Gasteiger partial charge >= 0.3 is 0 Å². The molecule has 19 heavy (non-hydrogen) atoms. The van der Waals surface area contributed by atoms with Crippen molar-refractivity contribution in [2.24, 2.45) is 5.92 Å². The molecule has 1 aromatic rings. The van der Waals surface area contributed by atoms with Crippen LogP contribution in [0.2, 0.25) is 0 Å². The van der Waals surface area contributed by atoms with E-state index in [-0.39, 0.29) is 12.0 Å². The Morgan fingerprint density at radius 2 is 2.21 bits per heavy atom. The van der Waals surface area contributed by atoms with Crippen LogP contribution in [0.1, 0.15) is 25.7 Å². The van der Waals surface area contributed by atoms with Crippen LogP contribution < -0.4 is 14.8 Å². The van der Waals surface area contributed by atoms with Gasteiger partial charge in [-0.3, -0.25) is 4.79 Å². The molecule has 0 spiro atoms. The number of aromatic nitrogens is 1. The first-order chi connectivity index (χ1) is 9.31. The summed E-state index contributed by atoms with van der Waals surface area (Å²) in [5, 5.41) is 2.74. The minimum atomic E-state index is -0.386. The van der Waals surface area contributed by atoms with E-state index in [1.54, 1.807) is 18.3 Å². The highest BCUT2D eigenvalue weighted by Crippen LogP contribution is 2.32. The van der Waals surface area contributed by atoms with Gasteiger partial charge in [-0.15, -0.1) is 0 Å². The fraction of sp³-hybridized carbons (Fsp3) is 0.571. The van der Waals surface area contributed by atoms with Crippen LogP contribution in [0.25, 0.3) is 0 Å². The Hall–Kier alpha value is -1.78. The van der Waals surface area contributed by atoms with E-state index in [2.05, 4.69) is 10.3 Å². The Bertz CT molecular complexity index is 443. The molecule has 1 aliphatic heterocycles. The Kier molecular flexibility index (Phi) is 3.53. The van der Waals surface area contributed by atoms with E-state index in [4.69, 9.17) is 9.47 Å². The molecular formula is C14H18N2O3. The molecule has 5 nitrogen and oxygen atoms in total. The van der Waals surface area contributed by atoms with Gasteiger partial charge in [-0.05, 0) is 18.4 Å². The van der Waals surface area contributed by atoms with Gasteiger partial charge in [-0.25, -0.2) is 4.98 Å². The third-order valence-corrected chi connectivity index (χ3v) is 3.46. The summed E-state index contributed by atoms with van der Waals surface area (Å²) in [6.45, 7) is 1.40. The molecule has 0 bridgehead atoms. The molecular weight excluding hydrogens is 244 g/mol. The molecule has 1 saturated heterocycles. The second-order valence-corrected chi connectivity index (χ2v) is 5.10. The van der Waals surface area contributed by atoms with Crippen LogP contribution in [-0.2, 0) is 4.79 Å². The Morgan fingerprint density at radius 3 is 2.84 bits per heavy atom. The number of hydrogen-bond acceptors (Lipinski definition) is 4. The van der Waals surface area contributed by atoms with Crippen molar-refractivity contribution in [2.45, 2.75) is 31.8 Å². The van der Waals surface area contributed by atoms with Crippen molar-refractivity contribution in [3.63, 3.8) is 0 Å². The fourth-order valence-corrected chi connectivity index (χ4v) is 2.11. The molecule has 102 valence electrons. The van der Waals surface area contributed by atoms with Crippen molar-refractivity contribution in [2.75, 3.05) is 13.2 Å². The molecule has 1 aromatic heterocycles. The highest BCUT2D eigenvalue weighted by molar-refractivity contribution is 5.83. The van der Waals surface area contributed by atoms with Crippen LogP contribution in [0, 0.1) is 5.92 Å². The molecule has 2 heterocycles. The molecule has 2 fully saturated rings. The molecule has 3 rings (SSSR count). The zero-order valence-corrected chi connectivity index (χ0v) is 10.8. The monoisotopic (exact) mass is 262 g/mol. The van der Waals surface area contributed by atoms with Gasteiger partial charge in [0.25, 0.3) is 5.91 Å². The summed E-state index contributed by atoms with van der Waals surface area (Å²) in [4.78, 5) is 15.6. The van der Waals surface area contributed by atoms with E-state index in [0.29, 0.717) is 24.6 Å². The standard InChI is InChI=1S/C14H18N2O3/c17-14-12(5-7-15-14)19-11-3-4-13(16-9-11)18-8-6-10-1-2-10/h3-4,9-10,12H,1-2,5-8H2,(H,15,17). The quantitative estimate of drug-likeness (QED) is 0.844. The van der Waals surface area contributed by atoms with Crippen molar-refractivity contribution in [3.05, 3.63) is 18.3 Å². The van der Waals surface area contributed by atoms with Gasteiger partial charge in [0.05, 0.1) is 12.8 Å². The lowest BCUT2D eigenvalue weighted by Gasteiger charge is -2.11. The first kappa shape index (κ1) is 12.3. The maximum atomic E-state index is 11.4. The van der Waals surface area contributed by atoms with Crippen molar-refractivity contribution in [1.29, 1.82) is 0 Å². The van der Waals surface area contributed by atoms with Crippen LogP contribution >= 0.6 is 0 Å². The minimum Gasteiger partial charge on any atom is -0.479 e. The lowest BCUT2D eigenvalue weighted by molar-refractivity contribution is -0.124. The van der Waals surface area contributed by atoms with E-state index < -0.39 is 0 Å². The maximum absolute atomic E-state index is 11.4. The molecule has 5 heteroatoms. The predicted octanol–water partition coefficient (Wildman–Crippen LogP) is 1.53. The van der Waals surface area contributed by atoms with E-state index in [1.165, 1.54) is 12.8 Å². The van der Waals surface area contributed by atoms with E-state index in [1.807, 2.05) is 0 Å². The summed E-state index contributed by atoms with van der Waals surface area (Å²) in [7, 11) is 0. The van der Waals surface area contributed by atoms with Crippen LogP contribution in [0.15, 0.2) is 18.3 Å². The number of nitrogens with one attached hydrogen (secondary N) is 1. The summed E-state index contributed by atoms with van der Waals surface area (Å²) in [6, 6.07) is 3.58. The zero-order chi connectivity index (χ0) is 13.1. The predicted molar refractivity (Wildman–Crippen MR) is 69.1 cm³/mol. The second-order valence-electron chi connectivity index (χ2n) is 5.10. The number of amides is 1. The Balaban J connectivity index is 1.48. The van der Waals surface area contributed by atoms with Crippen LogP contribution in [0.3, 0.4) is 0 Å². The second kappa shape index (κ2) is 5.47. The third-order valence-electron chi connectivity index (χ3n) is 3.46. The number of pyridine rings is 1. The van der Waals surface area contributed by atoms with Crippen LogP contribution in [-0.4, -0.2) is 30.1 Å². The van der Waals surface area contributed by atoms with Crippen molar-refractivity contribution >= 4 is 5.91 Å². The summed E-state index contributed by atoms with van der Waals surface area (Å²) < 4.78 is 11.1. The number of carbonyl (C=O) groups excluding carboxylic acids is 1. The lowest BCUT2D eigenvalue weighted by atomic mass is 10.3. The largest absolute Gasteiger partial charge is 0.479 e. The van der Waals surface area contributed by atoms with Gasteiger partial charge in [0.1, 0.15) is 5.75 Å². The van der Waals surface area contributed by atoms with Gasteiger partial charge in [0, 0.05) is 19.0 Å².